The molecule has 0 amide bonds. The van der Waals surface area contributed by atoms with Crippen molar-refractivity contribution in [1.29, 1.82) is 0 Å². The summed E-state index contributed by atoms with van der Waals surface area (Å²) in [5.74, 6) is 0.800. The molecule has 0 spiro atoms. The monoisotopic (exact) mass is 597 g/mol. The van der Waals surface area contributed by atoms with E-state index in [0.717, 1.165) is 0 Å². The number of anilines is 1. The lowest BCUT2D eigenvalue weighted by molar-refractivity contribution is 0.529. The van der Waals surface area contributed by atoms with E-state index in [1.807, 2.05) is 0 Å². The zero-order chi connectivity index (χ0) is 31.7. The van der Waals surface area contributed by atoms with Gasteiger partial charge in [-0.2, -0.15) is 0 Å². The van der Waals surface area contributed by atoms with E-state index in [1.165, 1.54) is 77.8 Å². The zero-order valence-electron chi connectivity index (χ0n) is 27.7. The van der Waals surface area contributed by atoms with Crippen LogP contribution in [0.2, 0.25) is 0 Å². The molecule has 0 saturated heterocycles. The van der Waals surface area contributed by atoms with Crippen molar-refractivity contribution in [3.05, 3.63) is 161 Å². The molecule has 0 N–H and O–H groups in total. The third-order valence-corrected chi connectivity index (χ3v) is 10.1. The highest BCUT2D eigenvalue weighted by molar-refractivity contribution is 6.10. The quantitative estimate of drug-likeness (QED) is 0.192. The third-order valence-electron chi connectivity index (χ3n) is 10.1. The molecular formula is C44H41N2. The normalized spacial score (nSPS) is 14.7. The number of hydrogen-bond acceptors (Lipinski definition) is 1. The Morgan fingerprint density at radius 3 is 1.96 bits per heavy atom. The Kier molecular flexibility index (Phi) is 6.62. The average Bonchev–Trinajstić information content (AvgIpc) is 3.52. The van der Waals surface area contributed by atoms with Crippen molar-refractivity contribution in [2.45, 2.75) is 58.9 Å². The SMILES string of the molecule is CC(C)c1cccc(C(C)C)c1N1[C](c2ccc3c(c2)c2ccccc2n3-c2ccc3ccccc3c2)c2ccccc2C1(C)C. The molecule has 7 aromatic rings. The van der Waals surface area contributed by atoms with Gasteiger partial charge in [0.15, 0.2) is 0 Å². The van der Waals surface area contributed by atoms with E-state index >= 15 is 0 Å². The van der Waals surface area contributed by atoms with E-state index in [4.69, 9.17) is 0 Å². The molecule has 0 saturated carbocycles. The fourth-order valence-corrected chi connectivity index (χ4v) is 7.90. The van der Waals surface area contributed by atoms with E-state index in [9.17, 15) is 0 Å². The van der Waals surface area contributed by atoms with E-state index < -0.39 is 0 Å². The van der Waals surface area contributed by atoms with E-state index in [0.29, 0.717) is 11.8 Å². The predicted octanol–water partition coefficient (Wildman–Crippen LogP) is 11.9. The molecule has 0 unspecified atom stereocenters. The Bertz CT molecular complexity index is 2240. The highest BCUT2D eigenvalue weighted by Crippen LogP contribution is 2.54. The molecule has 46 heavy (non-hydrogen) atoms. The van der Waals surface area contributed by atoms with Crippen LogP contribution in [0, 0.1) is 6.04 Å². The van der Waals surface area contributed by atoms with Crippen LogP contribution in [0.15, 0.2) is 127 Å². The van der Waals surface area contributed by atoms with Gasteiger partial charge in [-0.25, -0.2) is 0 Å². The van der Waals surface area contributed by atoms with Crippen molar-refractivity contribution < 1.29 is 0 Å². The van der Waals surface area contributed by atoms with Gasteiger partial charge in [0.1, 0.15) is 6.04 Å². The molecule has 227 valence electrons. The molecule has 1 radical (unpaired) electrons. The number of para-hydroxylation sites is 2. The Balaban J connectivity index is 1.39. The van der Waals surface area contributed by atoms with Crippen LogP contribution in [0.1, 0.15) is 81.2 Å². The molecule has 0 bridgehead atoms. The smallest absolute Gasteiger partial charge is 0.124 e. The summed E-state index contributed by atoms with van der Waals surface area (Å²) in [6, 6.07) is 48.7. The Labute approximate surface area is 272 Å². The molecular weight excluding hydrogens is 556 g/mol. The number of fused-ring (bicyclic) bond motifs is 5. The van der Waals surface area contributed by atoms with Gasteiger partial charge < -0.3 is 9.47 Å². The number of nitrogens with zero attached hydrogens (tertiary/aromatic N) is 2. The van der Waals surface area contributed by atoms with Gasteiger partial charge in [-0.3, -0.25) is 0 Å². The largest absolute Gasteiger partial charge is 0.345 e. The van der Waals surface area contributed by atoms with Crippen molar-refractivity contribution in [3.63, 3.8) is 0 Å². The summed E-state index contributed by atoms with van der Waals surface area (Å²) in [5.41, 5.74) is 11.5. The zero-order valence-corrected chi connectivity index (χ0v) is 27.7. The first-order valence-corrected chi connectivity index (χ1v) is 16.7. The summed E-state index contributed by atoms with van der Waals surface area (Å²) in [6.07, 6.45) is 0. The van der Waals surface area contributed by atoms with Gasteiger partial charge in [0, 0.05) is 22.1 Å². The van der Waals surface area contributed by atoms with E-state index in [1.54, 1.807) is 0 Å². The van der Waals surface area contributed by atoms with Gasteiger partial charge in [-0.05, 0) is 94.6 Å². The van der Waals surface area contributed by atoms with Crippen LogP contribution in [-0.4, -0.2) is 4.57 Å². The molecule has 0 aliphatic carbocycles. The first-order valence-electron chi connectivity index (χ1n) is 16.7. The minimum absolute atomic E-state index is 0.228. The maximum absolute atomic E-state index is 2.67. The molecule has 2 heterocycles. The average molecular weight is 598 g/mol. The van der Waals surface area contributed by atoms with Crippen molar-refractivity contribution in [1.82, 2.24) is 4.57 Å². The van der Waals surface area contributed by atoms with Crippen molar-refractivity contribution in [2.75, 3.05) is 4.90 Å². The van der Waals surface area contributed by atoms with Crippen LogP contribution in [0.25, 0.3) is 38.3 Å². The molecule has 1 aliphatic heterocycles. The van der Waals surface area contributed by atoms with E-state index in [2.05, 4.69) is 178 Å². The molecule has 0 fully saturated rings. The molecule has 2 nitrogen and oxygen atoms in total. The van der Waals surface area contributed by atoms with Gasteiger partial charge in [-0.15, -0.1) is 0 Å². The molecule has 1 aliphatic rings. The summed E-state index contributed by atoms with van der Waals surface area (Å²) in [6.45, 7) is 14.1. The summed E-state index contributed by atoms with van der Waals surface area (Å²) in [4.78, 5) is 2.67. The van der Waals surface area contributed by atoms with Crippen LogP contribution in [0.4, 0.5) is 5.69 Å². The summed E-state index contributed by atoms with van der Waals surface area (Å²) >= 11 is 0. The highest BCUT2D eigenvalue weighted by Gasteiger charge is 2.47. The van der Waals surface area contributed by atoms with Crippen LogP contribution in [-0.2, 0) is 5.54 Å². The van der Waals surface area contributed by atoms with Crippen LogP contribution in [0.5, 0.6) is 0 Å². The molecule has 0 atom stereocenters. The van der Waals surface area contributed by atoms with Gasteiger partial charge in [0.25, 0.3) is 0 Å². The second kappa shape index (κ2) is 10.6. The minimum atomic E-state index is -0.228. The van der Waals surface area contributed by atoms with Crippen molar-refractivity contribution in [3.8, 4) is 5.69 Å². The van der Waals surface area contributed by atoms with Gasteiger partial charge in [0.2, 0.25) is 0 Å². The number of hydrogen-bond donors (Lipinski definition) is 0. The van der Waals surface area contributed by atoms with Crippen molar-refractivity contribution in [2.24, 2.45) is 0 Å². The van der Waals surface area contributed by atoms with Crippen LogP contribution < -0.4 is 4.90 Å². The Morgan fingerprint density at radius 1 is 0.543 bits per heavy atom. The van der Waals surface area contributed by atoms with E-state index in [-0.39, 0.29) is 5.54 Å². The maximum Gasteiger partial charge on any atom is 0.124 e. The fourth-order valence-electron chi connectivity index (χ4n) is 7.90. The second-order valence-corrected chi connectivity index (χ2v) is 14.0. The number of aromatic nitrogens is 1. The number of rotatable bonds is 5. The van der Waals surface area contributed by atoms with Crippen LogP contribution >= 0.6 is 0 Å². The minimum Gasteiger partial charge on any atom is -0.345 e. The lowest BCUT2D eigenvalue weighted by Gasteiger charge is -2.41. The summed E-state index contributed by atoms with van der Waals surface area (Å²) in [5, 5.41) is 5.06. The third kappa shape index (κ3) is 4.23. The summed E-state index contributed by atoms with van der Waals surface area (Å²) < 4.78 is 2.43. The highest BCUT2D eigenvalue weighted by atomic mass is 15.3. The maximum atomic E-state index is 2.67. The molecule has 6 aromatic carbocycles. The molecule has 8 rings (SSSR count). The van der Waals surface area contributed by atoms with Gasteiger partial charge >= 0.3 is 0 Å². The standard InChI is InChI=1S/C44H41N2/c1-28(2)34-18-13-19-35(29(3)4)43(34)46-42(37-17-9-11-20-39(37)44(46,5)6)32-23-25-41-38(27-32)36-16-10-12-21-40(36)45(41)33-24-22-30-14-7-8-15-31(30)26-33/h7-29H,1-6H3. The van der Waals surface area contributed by atoms with Gasteiger partial charge in [-0.1, -0.05) is 125 Å². The molecule has 2 heteroatoms. The number of benzene rings is 6. The van der Waals surface area contributed by atoms with Crippen LogP contribution in [0.3, 0.4) is 0 Å². The molecule has 1 aromatic heterocycles. The fraction of sp³-hybridized carbons (Fsp3) is 0.205. The lowest BCUT2D eigenvalue weighted by Crippen LogP contribution is -2.40. The topological polar surface area (TPSA) is 8.17 Å². The first kappa shape index (κ1) is 28.6. The van der Waals surface area contributed by atoms with Crippen molar-refractivity contribution >= 4 is 38.3 Å². The lowest BCUT2D eigenvalue weighted by atomic mass is 9.88. The second-order valence-electron chi connectivity index (χ2n) is 14.0. The summed E-state index contributed by atoms with van der Waals surface area (Å²) in [7, 11) is 0. The predicted molar refractivity (Wildman–Crippen MR) is 196 cm³/mol. The Morgan fingerprint density at radius 2 is 1.20 bits per heavy atom. The Hall–Kier alpha value is -4.82. The van der Waals surface area contributed by atoms with Gasteiger partial charge in [0.05, 0.1) is 16.6 Å². The first-order chi connectivity index (χ1) is 22.3.